The van der Waals surface area contributed by atoms with Gasteiger partial charge < -0.3 is 9.47 Å². The zero-order chi connectivity index (χ0) is 26.2. The van der Waals surface area contributed by atoms with Crippen molar-refractivity contribution in [1.82, 2.24) is 19.1 Å². The van der Waals surface area contributed by atoms with Crippen LogP contribution in [0.25, 0.3) is 11.2 Å². The second-order valence-corrected chi connectivity index (χ2v) is 8.33. The number of fused-ring (bicyclic) bond motifs is 1. The predicted octanol–water partition coefficient (Wildman–Crippen LogP) is 2.01. The van der Waals surface area contributed by atoms with Crippen LogP contribution in [0, 0.1) is 5.92 Å². The van der Waals surface area contributed by atoms with Crippen LogP contribution in [0.1, 0.15) is 46.8 Å². The van der Waals surface area contributed by atoms with Crippen molar-refractivity contribution < 1.29 is 36.6 Å². The molecule has 0 unspecified atom stereocenters. The maximum atomic E-state index is 15.3. The molecule has 3 heterocycles. The molecule has 0 bridgehead atoms. The largest absolute Gasteiger partial charge is 0.454 e. The molecule has 1 amide bonds. The number of aryl methyl sites for hydroxylation is 1. The molecule has 1 aliphatic rings. The average molecular weight is 507 g/mol. The highest BCUT2D eigenvalue weighted by atomic mass is 19.4. The lowest BCUT2D eigenvalue weighted by molar-refractivity contribution is -0.154. The number of carbonyl (C=O) groups excluding carboxylic acids is 2. The molecule has 2 N–H and O–H groups in total. The number of hydrogen-bond donors (Lipinski definition) is 2. The van der Waals surface area contributed by atoms with Gasteiger partial charge in [0.05, 0.1) is 12.5 Å². The predicted molar refractivity (Wildman–Crippen MR) is 113 cm³/mol. The van der Waals surface area contributed by atoms with E-state index in [1.54, 1.807) is 13.8 Å². The van der Waals surface area contributed by atoms with Crippen LogP contribution in [0.3, 0.4) is 0 Å². The number of aromatic nitrogens is 4. The lowest BCUT2D eigenvalue weighted by Gasteiger charge is -2.20. The number of H-pyrrole nitrogens is 1. The van der Waals surface area contributed by atoms with Gasteiger partial charge in [0, 0.05) is 20.4 Å². The quantitative estimate of drug-likeness (QED) is 0.432. The Labute approximate surface area is 195 Å². The lowest BCUT2D eigenvalue weighted by Crippen LogP contribution is -2.37. The number of nitrogens with zero attached hydrogens (tertiary/aromatic N) is 3. The molecule has 194 valence electrons. The number of imidazole rings is 1. The van der Waals surface area contributed by atoms with Gasteiger partial charge in [0.15, 0.2) is 29.7 Å². The van der Waals surface area contributed by atoms with Crippen molar-refractivity contribution in [1.29, 1.82) is 0 Å². The fraction of sp³-hybridized carbons (Fsp3) is 0.650. The van der Waals surface area contributed by atoms with Crippen LogP contribution in [0.15, 0.2) is 9.59 Å². The lowest BCUT2D eigenvalue weighted by atomic mass is 9.97. The van der Waals surface area contributed by atoms with Gasteiger partial charge in [-0.2, -0.15) is 18.2 Å². The van der Waals surface area contributed by atoms with Gasteiger partial charge in [-0.05, 0) is 5.92 Å². The highest BCUT2D eigenvalue weighted by molar-refractivity contribution is 5.87. The third-order valence-electron chi connectivity index (χ3n) is 5.69. The Morgan fingerprint density at radius 1 is 1.29 bits per heavy atom. The summed E-state index contributed by atoms with van der Waals surface area (Å²) in [6.45, 7) is 4.65. The highest BCUT2D eigenvalue weighted by Gasteiger charge is 2.51. The Morgan fingerprint density at radius 2 is 1.94 bits per heavy atom. The number of rotatable bonds is 7. The molecule has 0 radical (unpaired) electrons. The standard InChI is InChI=1S/C20H25F4N5O6/c1-5-8(2)13-11(21)14(34-10(4)31)17(35-13)29-15-12(16(32)27-18(26-15)25-9(3)30)28(19(29)33)7-6-20(22,23)24/h8,11,13-14,17H,5-7H2,1-4H3,(H2,25,26,27,30,32)/t8-,11-,13+,14+,17+/m0/s1. The van der Waals surface area contributed by atoms with Gasteiger partial charge in [0.1, 0.15) is 0 Å². The van der Waals surface area contributed by atoms with Gasteiger partial charge >= 0.3 is 17.8 Å². The van der Waals surface area contributed by atoms with Crippen LogP contribution < -0.4 is 16.6 Å². The molecule has 15 heteroatoms. The average Bonchev–Trinajstić information content (AvgIpc) is 3.18. The summed E-state index contributed by atoms with van der Waals surface area (Å²) >= 11 is 0. The number of carbonyl (C=O) groups is 2. The smallest absolute Gasteiger partial charge is 0.390 e. The van der Waals surface area contributed by atoms with E-state index in [0.29, 0.717) is 15.6 Å². The first kappa shape index (κ1) is 26.4. The number of aromatic amines is 1. The van der Waals surface area contributed by atoms with Crippen molar-refractivity contribution >= 4 is 29.0 Å². The molecule has 1 aliphatic heterocycles. The van der Waals surface area contributed by atoms with E-state index in [1.165, 1.54) is 0 Å². The summed E-state index contributed by atoms with van der Waals surface area (Å²) in [5.74, 6) is -2.29. The summed E-state index contributed by atoms with van der Waals surface area (Å²) in [6, 6.07) is 0. The third kappa shape index (κ3) is 5.39. The van der Waals surface area contributed by atoms with E-state index >= 15 is 4.39 Å². The number of esters is 1. The maximum Gasteiger partial charge on any atom is 0.390 e. The van der Waals surface area contributed by atoms with Gasteiger partial charge in [-0.3, -0.25) is 29.3 Å². The molecule has 3 rings (SSSR count). The Balaban J connectivity index is 2.26. The number of ether oxygens (including phenoxy) is 2. The Bertz CT molecular complexity index is 1240. The van der Waals surface area contributed by atoms with Crippen LogP contribution in [-0.4, -0.2) is 55.5 Å². The van der Waals surface area contributed by atoms with Gasteiger partial charge in [-0.1, -0.05) is 20.3 Å². The zero-order valence-corrected chi connectivity index (χ0v) is 19.3. The van der Waals surface area contributed by atoms with Crippen molar-refractivity contribution in [3.63, 3.8) is 0 Å². The van der Waals surface area contributed by atoms with Gasteiger partial charge in [-0.15, -0.1) is 0 Å². The molecule has 0 aliphatic carbocycles. The number of alkyl halides is 4. The van der Waals surface area contributed by atoms with Crippen LogP contribution in [0.2, 0.25) is 0 Å². The molecule has 1 fully saturated rings. The Kier molecular flexibility index (Phi) is 7.38. The van der Waals surface area contributed by atoms with Crippen molar-refractivity contribution in [2.24, 2.45) is 5.92 Å². The van der Waals surface area contributed by atoms with E-state index in [2.05, 4.69) is 15.3 Å². The Morgan fingerprint density at radius 3 is 2.49 bits per heavy atom. The monoisotopic (exact) mass is 507 g/mol. The fourth-order valence-corrected chi connectivity index (χ4v) is 3.94. The molecule has 11 nitrogen and oxygen atoms in total. The van der Waals surface area contributed by atoms with Gasteiger partial charge in [0.25, 0.3) is 5.56 Å². The van der Waals surface area contributed by atoms with Crippen molar-refractivity contribution in [3.8, 4) is 0 Å². The highest BCUT2D eigenvalue weighted by Crippen LogP contribution is 2.38. The first-order valence-electron chi connectivity index (χ1n) is 10.8. The molecule has 5 atom stereocenters. The summed E-state index contributed by atoms with van der Waals surface area (Å²) < 4.78 is 66.2. The van der Waals surface area contributed by atoms with Crippen molar-refractivity contribution in [3.05, 3.63) is 20.8 Å². The summed E-state index contributed by atoms with van der Waals surface area (Å²) in [7, 11) is 0. The van der Waals surface area contributed by atoms with E-state index < -0.39 is 84.0 Å². The zero-order valence-electron chi connectivity index (χ0n) is 19.3. The molecule has 0 spiro atoms. The van der Waals surface area contributed by atoms with Crippen LogP contribution >= 0.6 is 0 Å². The SMILES string of the molecule is CC[C@H](C)[C@H]1O[C@@H](n2c(=O)n(CCC(F)(F)F)c3c(=O)[nH]c(NC(C)=O)nc32)[C@H](OC(C)=O)[C@H]1F. The summed E-state index contributed by atoms with van der Waals surface area (Å²) in [5, 5.41) is 2.22. The van der Waals surface area contributed by atoms with E-state index in [4.69, 9.17) is 9.47 Å². The van der Waals surface area contributed by atoms with Gasteiger partial charge in [-0.25, -0.2) is 13.8 Å². The number of anilines is 1. The number of hydrogen-bond acceptors (Lipinski definition) is 7. The summed E-state index contributed by atoms with van der Waals surface area (Å²) in [5.41, 5.74) is -3.18. The molecule has 0 aromatic carbocycles. The minimum atomic E-state index is -4.65. The third-order valence-corrected chi connectivity index (χ3v) is 5.69. The van der Waals surface area contributed by atoms with Crippen LogP contribution in [-0.2, 0) is 25.6 Å². The van der Waals surface area contributed by atoms with Crippen LogP contribution in [0.5, 0.6) is 0 Å². The summed E-state index contributed by atoms with van der Waals surface area (Å²) in [6.07, 6.45) is -11.9. The molecule has 2 aromatic rings. The Hall–Kier alpha value is -3.23. The maximum absolute atomic E-state index is 15.3. The van der Waals surface area contributed by atoms with Gasteiger partial charge in [0.2, 0.25) is 11.9 Å². The number of halogens is 4. The van der Waals surface area contributed by atoms with E-state index in [-0.39, 0.29) is 5.92 Å². The minimum Gasteiger partial charge on any atom is -0.454 e. The molecule has 35 heavy (non-hydrogen) atoms. The van der Waals surface area contributed by atoms with Crippen LogP contribution in [0.4, 0.5) is 23.5 Å². The molecule has 0 saturated carbocycles. The number of amides is 1. The molecule has 1 saturated heterocycles. The molecule has 2 aromatic heterocycles. The first-order chi connectivity index (χ1) is 16.2. The summed E-state index contributed by atoms with van der Waals surface area (Å²) in [4.78, 5) is 55.4. The van der Waals surface area contributed by atoms with Crippen molar-refractivity contribution in [2.45, 2.75) is 77.9 Å². The van der Waals surface area contributed by atoms with Crippen molar-refractivity contribution in [2.75, 3.05) is 5.32 Å². The second-order valence-electron chi connectivity index (χ2n) is 8.33. The molecular formula is C20H25F4N5O6. The van der Waals surface area contributed by atoms with E-state index in [9.17, 15) is 32.3 Å². The van der Waals surface area contributed by atoms with E-state index in [0.717, 1.165) is 13.8 Å². The topological polar surface area (TPSA) is 137 Å². The molecular weight excluding hydrogens is 482 g/mol. The number of nitrogens with one attached hydrogen (secondary N) is 2. The minimum absolute atomic E-state index is 0.381. The second kappa shape index (κ2) is 9.79. The van der Waals surface area contributed by atoms with E-state index in [1.807, 2.05) is 0 Å². The normalized spacial score (nSPS) is 23.4. The first-order valence-corrected chi connectivity index (χ1v) is 10.8. The fourth-order valence-electron chi connectivity index (χ4n) is 3.94.